The van der Waals surface area contributed by atoms with Gasteiger partial charge in [-0.25, -0.2) is 8.42 Å². The summed E-state index contributed by atoms with van der Waals surface area (Å²) < 4.78 is 28.6. The highest BCUT2D eigenvalue weighted by Crippen LogP contribution is 2.29. The Labute approximate surface area is 221 Å². The zero-order chi connectivity index (χ0) is 26.7. The molecule has 0 aromatic heterocycles. The van der Waals surface area contributed by atoms with Crippen LogP contribution in [0.15, 0.2) is 41.3 Å². The molecule has 2 N–H and O–H groups in total. The maximum absolute atomic E-state index is 13.6. The molecule has 1 saturated carbocycles. The molecule has 2 amide bonds. The number of hydrogen-bond acceptors (Lipinski definition) is 4. The molecule has 0 radical (unpaired) electrons. The smallest absolute Gasteiger partial charge is 0.251 e. The highest BCUT2D eigenvalue weighted by molar-refractivity contribution is 7.89. The van der Waals surface area contributed by atoms with Crippen molar-refractivity contribution in [2.75, 3.05) is 13.1 Å². The first-order valence-electron chi connectivity index (χ1n) is 13.3. The minimum Gasteiger partial charge on any atom is -0.351 e. The van der Waals surface area contributed by atoms with Gasteiger partial charge in [-0.2, -0.15) is 4.31 Å². The number of carbonyl (C=O) groups excluding carboxylic acids is 2. The Balaban J connectivity index is 1.44. The van der Waals surface area contributed by atoms with Crippen LogP contribution >= 0.6 is 0 Å². The van der Waals surface area contributed by atoms with Crippen LogP contribution in [0.3, 0.4) is 0 Å². The van der Waals surface area contributed by atoms with Gasteiger partial charge >= 0.3 is 0 Å². The molecule has 1 saturated heterocycles. The Morgan fingerprint density at radius 1 is 0.838 bits per heavy atom. The van der Waals surface area contributed by atoms with Crippen molar-refractivity contribution in [1.29, 1.82) is 0 Å². The molecule has 37 heavy (non-hydrogen) atoms. The van der Waals surface area contributed by atoms with E-state index in [1.54, 1.807) is 0 Å². The first kappa shape index (κ1) is 27.3. The maximum Gasteiger partial charge on any atom is 0.251 e. The summed E-state index contributed by atoms with van der Waals surface area (Å²) in [5.41, 5.74) is 4.06. The van der Waals surface area contributed by atoms with Gasteiger partial charge in [0.05, 0.1) is 10.8 Å². The van der Waals surface area contributed by atoms with Crippen molar-refractivity contribution < 1.29 is 18.0 Å². The monoisotopic (exact) mass is 525 g/mol. The third kappa shape index (κ3) is 6.07. The predicted molar refractivity (Wildman–Crippen MR) is 145 cm³/mol. The van der Waals surface area contributed by atoms with Crippen molar-refractivity contribution >= 4 is 21.8 Å². The van der Waals surface area contributed by atoms with Gasteiger partial charge in [0, 0.05) is 30.7 Å². The third-order valence-corrected chi connectivity index (χ3v) is 9.93. The van der Waals surface area contributed by atoms with Crippen LogP contribution in [0, 0.1) is 33.6 Å². The van der Waals surface area contributed by atoms with Gasteiger partial charge in [-0.15, -0.1) is 0 Å². The van der Waals surface area contributed by atoms with Crippen molar-refractivity contribution in [3.63, 3.8) is 0 Å². The fourth-order valence-electron chi connectivity index (χ4n) is 5.93. The topological polar surface area (TPSA) is 95.6 Å². The Kier molecular flexibility index (Phi) is 8.39. The molecule has 1 aliphatic carbocycles. The van der Waals surface area contributed by atoms with Crippen molar-refractivity contribution in [2.24, 2.45) is 5.92 Å². The van der Waals surface area contributed by atoms with E-state index in [0.717, 1.165) is 47.9 Å². The van der Waals surface area contributed by atoms with Crippen LogP contribution in [0.4, 0.5) is 0 Å². The van der Waals surface area contributed by atoms with E-state index in [2.05, 4.69) is 10.6 Å². The minimum atomic E-state index is -3.70. The fourth-order valence-corrected chi connectivity index (χ4v) is 7.86. The number of benzene rings is 2. The SMILES string of the molecule is Cc1cc(C)c(S(=O)(=O)N2CCCC(C(=O)NC3CCCC[C@H]3NC(=O)c3ccccc3C)C2)c(C)c1. The molecule has 1 heterocycles. The highest BCUT2D eigenvalue weighted by atomic mass is 32.2. The summed E-state index contributed by atoms with van der Waals surface area (Å²) in [6.45, 7) is 8.12. The van der Waals surface area contributed by atoms with E-state index in [-0.39, 0.29) is 30.4 Å². The van der Waals surface area contributed by atoms with E-state index < -0.39 is 15.9 Å². The first-order chi connectivity index (χ1) is 17.6. The number of sulfonamides is 1. The van der Waals surface area contributed by atoms with Gasteiger partial charge in [0.2, 0.25) is 15.9 Å². The molecule has 2 aromatic rings. The van der Waals surface area contributed by atoms with Gasteiger partial charge in [-0.1, -0.05) is 48.7 Å². The molecule has 2 unspecified atom stereocenters. The Morgan fingerprint density at radius 3 is 2.11 bits per heavy atom. The molecule has 0 spiro atoms. The van der Waals surface area contributed by atoms with Crippen molar-refractivity contribution in [2.45, 2.75) is 83.2 Å². The second-order valence-electron chi connectivity index (χ2n) is 10.7. The molecule has 200 valence electrons. The van der Waals surface area contributed by atoms with Crippen molar-refractivity contribution in [3.8, 4) is 0 Å². The van der Waals surface area contributed by atoms with Crippen LogP contribution in [0.25, 0.3) is 0 Å². The first-order valence-corrected chi connectivity index (χ1v) is 14.8. The van der Waals surface area contributed by atoms with E-state index in [4.69, 9.17) is 0 Å². The standard InChI is InChI=1S/C29H39N3O4S/c1-19-16-21(3)27(22(4)17-19)37(35,36)32-15-9-11-23(18-32)28(33)30-25-13-7-8-14-26(25)31-29(34)24-12-6-5-10-20(24)2/h5-6,10,12,16-17,23,25-26H,7-9,11,13-15,18H2,1-4H3,(H,30,33)(H,31,34)/t23?,25?,26-/m1/s1. The van der Waals surface area contributed by atoms with Gasteiger partial charge < -0.3 is 10.6 Å². The average molecular weight is 526 g/mol. The van der Waals surface area contributed by atoms with Crippen LogP contribution in [0.2, 0.25) is 0 Å². The number of nitrogens with one attached hydrogen (secondary N) is 2. The lowest BCUT2D eigenvalue weighted by molar-refractivity contribution is -0.127. The van der Waals surface area contributed by atoms with Gasteiger partial charge in [0.25, 0.3) is 5.91 Å². The summed E-state index contributed by atoms with van der Waals surface area (Å²) in [7, 11) is -3.70. The number of aryl methyl sites for hydroxylation is 4. The van der Waals surface area contributed by atoms with E-state index >= 15 is 0 Å². The summed E-state index contributed by atoms with van der Waals surface area (Å²) in [6, 6.07) is 11.0. The molecule has 2 fully saturated rings. The van der Waals surface area contributed by atoms with Gasteiger partial charge in [0.1, 0.15) is 0 Å². The highest BCUT2D eigenvalue weighted by Gasteiger charge is 2.36. The van der Waals surface area contributed by atoms with Gasteiger partial charge in [-0.05, 0) is 76.1 Å². The van der Waals surface area contributed by atoms with Gasteiger partial charge in [-0.3, -0.25) is 9.59 Å². The molecule has 7 nitrogen and oxygen atoms in total. The molecule has 8 heteroatoms. The average Bonchev–Trinajstić information content (AvgIpc) is 2.84. The molecule has 3 atom stereocenters. The summed E-state index contributed by atoms with van der Waals surface area (Å²) in [6.07, 6.45) is 4.87. The number of carbonyl (C=O) groups is 2. The molecule has 2 aromatic carbocycles. The Morgan fingerprint density at radius 2 is 1.46 bits per heavy atom. The predicted octanol–water partition coefficient (Wildman–Crippen LogP) is 4.18. The molecule has 2 aliphatic rings. The molecular formula is C29H39N3O4S. The second-order valence-corrected chi connectivity index (χ2v) is 12.6. The van der Waals surface area contributed by atoms with Crippen LogP contribution in [-0.2, 0) is 14.8 Å². The Bertz CT molecular complexity index is 1250. The zero-order valence-electron chi connectivity index (χ0n) is 22.3. The minimum absolute atomic E-state index is 0.122. The summed E-state index contributed by atoms with van der Waals surface area (Å²) in [4.78, 5) is 26.6. The lowest BCUT2D eigenvalue weighted by Crippen LogP contribution is -2.55. The van der Waals surface area contributed by atoms with Gasteiger partial charge in [0.15, 0.2) is 0 Å². The summed E-state index contributed by atoms with van der Waals surface area (Å²) in [5.74, 6) is -0.661. The molecule has 1 aliphatic heterocycles. The largest absolute Gasteiger partial charge is 0.351 e. The third-order valence-electron chi connectivity index (χ3n) is 7.76. The quantitative estimate of drug-likeness (QED) is 0.592. The molecular weight excluding hydrogens is 486 g/mol. The van der Waals surface area contributed by atoms with Crippen LogP contribution in [0.5, 0.6) is 0 Å². The maximum atomic E-state index is 13.6. The number of rotatable bonds is 6. The van der Waals surface area contributed by atoms with Crippen LogP contribution in [0.1, 0.15) is 71.1 Å². The lowest BCUT2D eigenvalue weighted by atomic mass is 9.89. The fraction of sp³-hybridized carbons (Fsp3) is 0.517. The number of amides is 2. The summed E-state index contributed by atoms with van der Waals surface area (Å²) in [5, 5.41) is 6.32. The normalized spacial score (nSPS) is 22.9. The van der Waals surface area contributed by atoms with E-state index in [1.807, 2.05) is 64.1 Å². The summed E-state index contributed by atoms with van der Waals surface area (Å²) >= 11 is 0. The van der Waals surface area contributed by atoms with E-state index in [0.29, 0.717) is 29.8 Å². The van der Waals surface area contributed by atoms with Crippen molar-refractivity contribution in [3.05, 3.63) is 64.2 Å². The second kappa shape index (κ2) is 11.4. The molecule has 0 bridgehead atoms. The lowest BCUT2D eigenvalue weighted by Gasteiger charge is -2.36. The van der Waals surface area contributed by atoms with Crippen LogP contribution < -0.4 is 10.6 Å². The zero-order valence-corrected chi connectivity index (χ0v) is 23.2. The molecule has 4 rings (SSSR count). The van der Waals surface area contributed by atoms with Crippen molar-refractivity contribution in [1.82, 2.24) is 14.9 Å². The Hall–Kier alpha value is -2.71. The van der Waals surface area contributed by atoms with E-state index in [9.17, 15) is 18.0 Å². The number of hydrogen-bond donors (Lipinski definition) is 2. The number of piperidine rings is 1. The van der Waals surface area contributed by atoms with Crippen LogP contribution in [-0.4, -0.2) is 49.7 Å². The van der Waals surface area contributed by atoms with E-state index in [1.165, 1.54) is 4.31 Å². The number of nitrogens with zero attached hydrogens (tertiary/aromatic N) is 1.